The third-order valence-electron chi connectivity index (χ3n) is 1.31. The number of ether oxygens (including phenoxy) is 1. The van der Waals surface area contributed by atoms with E-state index in [1.54, 1.807) is 18.2 Å². The van der Waals surface area contributed by atoms with Crippen LogP contribution < -0.4 is 4.74 Å². The van der Waals surface area contributed by atoms with E-state index >= 15 is 0 Å². The molecule has 0 saturated carbocycles. The Morgan fingerprint density at radius 1 is 1.50 bits per heavy atom. The lowest BCUT2D eigenvalue weighted by Gasteiger charge is -2.02. The predicted molar refractivity (Wildman–Crippen MR) is 43.1 cm³/mol. The number of hydrogen-bond donors (Lipinski definition) is 0. The summed E-state index contributed by atoms with van der Waals surface area (Å²) >= 11 is 5.50. The van der Waals surface area contributed by atoms with Crippen molar-refractivity contribution >= 4 is 17.8 Å². The van der Waals surface area contributed by atoms with Gasteiger partial charge in [-0.3, -0.25) is 0 Å². The number of carbonyl (C=O) groups is 1. The van der Waals surface area contributed by atoms with E-state index in [0.717, 1.165) is 0 Å². The fourth-order valence-electron chi connectivity index (χ4n) is 0.800. The Balaban J connectivity index is 2.89. The molecule has 64 valence electrons. The monoisotopic (exact) mass is 188 g/mol. The Kier molecular flexibility index (Phi) is 3.05. The summed E-state index contributed by atoms with van der Waals surface area (Å²) in [6.45, 7) is 0. The molecule has 2 nitrogen and oxygen atoms in total. The Hall–Kier alpha value is -1.09. The van der Waals surface area contributed by atoms with Crippen LogP contribution in [-0.4, -0.2) is 6.22 Å². The van der Waals surface area contributed by atoms with E-state index in [-0.39, 0.29) is 11.6 Å². The van der Waals surface area contributed by atoms with Crippen LogP contribution in [0.3, 0.4) is 0 Å². The topological polar surface area (TPSA) is 26.3 Å². The highest BCUT2D eigenvalue weighted by Crippen LogP contribution is 2.19. The minimum Gasteiger partial charge on any atom is -0.401 e. The molecule has 12 heavy (non-hydrogen) atoms. The fourth-order valence-corrected chi connectivity index (χ4v) is 1.02. The molecule has 0 bridgehead atoms. The van der Waals surface area contributed by atoms with Gasteiger partial charge in [0.25, 0.3) is 0 Å². The first kappa shape index (κ1) is 9.00. The average molecular weight is 189 g/mol. The van der Waals surface area contributed by atoms with Gasteiger partial charge in [-0.2, -0.15) is 0 Å². The van der Waals surface area contributed by atoms with E-state index in [4.69, 9.17) is 11.6 Å². The van der Waals surface area contributed by atoms with Crippen molar-refractivity contribution < 1.29 is 13.9 Å². The Morgan fingerprint density at radius 3 is 2.75 bits per heavy atom. The Bertz CT molecular complexity index is 288. The molecule has 1 rings (SSSR count). The molecule has 0 aliphatic carbocycles. The second-order valence-corrected chi connectivity index (χ2v) is 2.35. The van der Waals surface area contributed by atoms with E-state index in [1.807, 2.05) is 0 Å². The van der Waals surface area contributed by atoms with Crippen LogP contribution in [0.1, 0.15) is 5.56 Å². The highest BCUT2D eigenvalue weighted by molar-refractivity contribution is 6.17. The van der Waals surface area contributed by atoms with Crippen LogP contribution in [0.5, 0.6) is 5.75 Å². The molecule has 0 aliphatic heterocycles. The van der Waals surface area contributed by atoms with Gasteiger partial charge in [0.1, 0.15) is 5.75 Å². The smallest absolute Gasteiger partial charge is 0.401 e. The van der Waals surface area contributed by atoms with Crippen LogP contribution >= 0.6 is 11.6 Å². The minimum atomic E-state index is -1.83. The first-order chi connectivity index (χ1) is 5.74. The van der Waals surface area contributed by atoms with Gasteiger partial charge in [0.05, 0.1) is 5.88 Å². The number of halogens is 2. The number of para-hydroxylation sites is 1. The Morgan fingerprint density at radius 2 is 2.17 bits per heavy atom. The van der Waals surface area contributed by atoms with E-state index in [9.17, 15) is 9.18 Å². The quantitative estimate of drug-likeness (QED) is 0.527. The van der Waals surface area contributed by atoms with Crippen LogP contribution in [0.15, 0.2) is 24.3 Å². The second kappa shape index (κ2) is 4.07. The van der Waals surface area contributed by atoms with Crippen LogP contribution in [-0.2, 0) is 5.88 Å². The van der Waals surface area contributed by atoms with Crippen molar-refractivity contribution in [2.45, 2.75) is 5.88 Å². The number of hydrogen-bond acceptors (Lipinski definition) is 2. The molecule has 0 aromatic heterocycles. The molecule has 0 spiro atoms. The molecular formula is C8H6ClFO2. The van der Waals surface area contributed by atoms with E-state index in [0.29, 0.717) is 5.56 Å². The first-order valence-electron chi connectivity index (χ1n) is 3.25. The van der Waals surface area contributed by atoms with Crippen LogP contribution in [0.25, 0.3) is 0 Å². The van der Waals surface area contributed by atoms with Gasteiger partial charge in [-0.15, -0.1) is 16.0 Å². The largest absolute Gasteiger partial charge is 0.500 e. The van der Waals surface area contributed by atoms with Gasteiger partial charge in [-0.05, 0) is 6.07 Å². The standard InChI is InChI=1S/C8H6ClFO2/c9-5-6-3-1-2-4-7(6)12-8(10)11/h1-4H,5H2. The van der Waals surface area contributed by atoms with Gasteiger partial charge in [0.15, 0.2) is 0 Å². The summed E-state index contributed by atoms with van der Waals surface area (Å²) in [6, 6.07) is 6.50. The van der Waals surface area contributed by atoms with Crippen LogP contribution in [0, 0.1) is 0 Å². The summed E-state index contributed by atoms with van der Waals surface area (Å²) in [6.07, 6.45) is -1.83. The summed E-state index contributed by atoms with van der Waals surface area (Å²) in [5, 5.41) is 0. The van der Waals surface area contributed by atoms with Gasteiger partial charge in [0, 0.05) is 5.56 Å². The zero-order valence-electron chi connectivity index (χ0n) is 6.09. The van der Waals surface area contributed by atoms with Crippen molar-refractivity contribution in [1.29, 1.82) is 0 Å². The van der Waals surface area contributed by atoms with Crippen molar-refractivity contribution in [3.63, 3.8) is 0 Å². The molecule has 0 heterocycles. The van der Waals surface area contributed by atoms with Crippen LogP contribution in [0.4, 0.5) is 9.18 Å². The van der Waals surface area contributed by atoms with Gasteiger partial charge in [-0.1, -0.05) is 18.2 Å². The van der Waals surface area contributed by atoms with E-state index in [1.165, 1.54) is 6.07 Å². The normalized spacial score (nSPS) is 9.50. The summed E-state index contributed by atoms with van der Waals surface area (Å²) in [7, 11) is 0. The maximum absolute atomic E-state index is 11.8. The maximum atomic E-state index is 11.8. The molecule has 0 saturated heterocycles. The molecule has 1 aromatic rings. The molecule has 0 aliphatic rings. The van der Waals surface area contributed by atoms with Gasteiger partial charge in [-0.25, -0.2) is 4.79 Å². The highest BCUT2D eigenvalue weighted by atomic mass is 35.5. The summed E-state index contributed by atoms with van der Waals surface area (Å²) in [5.41, 5.74) is 0.588. The number of carbonyl (C=O) groups excluding carboxylic acids is 1. The highest BCUT2D eigenvalue weighted by Gasteiger charge is 2.05. The van der Waals surface area contributed by atoms with Crippen LogP contribution in [0.2, 0.25) is 0 Å². The molecule has 0 N–H and O–H groups in total. The molecule has 4 heteroatoms. The molecule has 0 atom stereocenters. The number of rotatable bonds is 2. The summed E-state index contributed by atoms with van der Waals surface area (Å²) < 4.78 is 16.0. The average Bonchev–Trinajstić information content (AvgIpc) is 2.04. The Labute approximate surface area is 73.9 Å². The van der Waals surface area contributed by atoms with Crippen molar-refractivity contribution in [1.82, 2.24) is 0 Å². The lowest BCUT2D eigenvalue weighted by atomic mass is 10.2. The summed E-state index contributed by atoms with van der Waals surface area (Å²) in [4.78, 5) is 9.95. The van der Waals surface area contributed by atoms with Crippen molar-refractivity contribution in [2.24, 2.45) is 0 Å². The second-order valence-electron chi connectivity index (χ2n) is 2.08. The molecule has 0 radical (unpaired) electrons. The van der Waals surface area contributed by atoms with Gasteiger partial charge in [0.2, 0.25) is 0 Å². The van der Waals surface area contributed by atoms with E-state index in [2.05, 4.69) is 4.74 Å². The molecule has 1 aromatic carbocycles. The van der Waals surface area contributed by atoms with Crippen molar-refractivity contribution in [2.75, 3.05) is 0 Å². The molecule has 0 amide bonds. The zero-order valence-corrected chi connectivity index (χ0v) is 6.84. The van der Waals surface area contributed by atoms with Gasteiger partial charge < -0.3 is 4.74 Å². The van der Waals surface area contributed by atoms with E-state index < -0.39 is 6.22 Å². The first-order valence-corrected chi connectivity index (χ1v) is 3.78. The number of alkyl halides is 1. The lowest BCUT2D eigenvalue weighted by molar-refractivity contribution is 0.175. The SMILES string of the molecule is O=C(F)Oc1ccccc1CCl. The fraction of sp³-hybridized carbons (Fsp3) is 0.125. The maximum Gasteiger partial charge on any atom is 0.500 e. The lowest BCUT2D eigenvalue weighted by Crippen LogP contribution is -1.99. The zero-order chi connectivity index (χ0) is 8.97. The number of benzene rings is 1. The third-order valence-corrected chi connectivity index (χ3v) is 1.59. The molecule has 0 fully saturated rings. The molecular weight excluding hydrogens is 183 g/mol. The third kappa shape index (κ3) is 2.20. The predicted octanol–water partition coefficient (Wildman–Crippen LogP) is 2.89. The van der Waals surface area contributed by atoms with Gasteiger partial charge >= 0.3 is 6.22 Å². The summed E-state index contributed by atoms with van der Waals surface area (Å²) in [5.74, 6) is 0.351. The van der Waals surface area contributed by atoms with Crippen molar-refractivity contribution in [3.05, 3.63) is 29.8 Å². The minimum absolute atomic E-state index is 0.167. The van der Waals surface area contributed by atoms with Crippen molar-refractivity contribution in [3.8, 4) is 5.75 Å². The molecule has 0 unspecified atom stereocenters.